The quantitative estimate of drug-likeness (QED) is 0.261. The average Bonchev–Trinajstić information content (AvgIpc) is 3.11. The number of carboxylic acids is 1. The van der Waals surface area contributed by atoms with Crippen LogP contribution in [0.5, 0.6) is 0 Å². The lowest BCUT2D eigenvalue weighted by Crippen LogP contribution is -2.53. The molecule has 4 nitrogen and oxygen atoms in total. The number of ketones is 1. The van der Waals surface area contributed by atoms with Gasteiger partial charge in [0.1, 0.15) is 11.6 Å². The van der Waals surface area contributed by atoms with E-state index < -0.39 is 58.5 Å². The van der Waals surface area contributed by atoms with Gasteiger partial charge in [-0.2, -0.15) is 26.3 Å². The Morgan fingerprint density at radius 3 is 1.79 bits per heavy atom. The molecule has 0 amide bonds. The molecule has 42 heavy (non-hydrogen) atoms. The number of aliphatic hydroxyl groups is 1. The highest BCUT2D eigenvalue weighted by atomic mass is 19.4. The van der Waals surface area contributed by atoms with Crippen LogP contribution in [-0.4, -0.2) is 34.3 Å². The molecule has 2 aromatic rings. The van der Waals surface area contributed by atoms with Crippen molar-refractivity contribution >= 4 is 11.8 Å². The van der Waals surface area contributed by atoms with Crippen molar-refractivity contribution in [3.05, 3.63) is 71.0 Å². The molecule has 0 aromatic heterocycles. The lowest BCUT2D eigenvalue weighted by molar-refractivity contribution is -0.376. The first-order valence-corrected chi connectivity index (χ1v) is 14.0. The first-order chi connectivity index (χ1) is 19.5. The Morgan fingerprint density at radius 1 is 0.762 bits per heavy atom. The fourth-order valence-corrected chi connectivity index (χ4v) is 6.97. The summed E-state index contributed by atoms with van der Waals surface area (Å²) in [5.41, 5.74) is -6.12. The molecule has 11 heteroatoms. The number of rotatable bonds is 6. The van der Waals surface area contributed by atoms with Gasteiger partial charge in [0.2, 0.25) is 0 Å². The summed E-state index contributed by atoms with van der Waals surface area (Å²) in [5, 5.41) is 19.1. The number of carboxylic acid groups (broad SMARTS) is 1. The van der Waals surface area contributed by atoms with Crippen molar-refractivity contribution in [2.24, 2.45) is 17.8 Å². The molecule has 0 saturated heterocycles. The second-order valence-electron chi connectivity index (χ2n) is 11.9. The summed E-state index contributed by atoms with van der Waals surface area (Å²) >= 11 is 0. The smallest absolute Gasteiger partial charge is 0.430 e. The van der Waals surface area contributed by atoms with Crippen LogP contribution in [0.1, 0.15) is 80.9 Å². The van der Waals surface area contributed by atoms with E-state index in [1.165, 1.54) is 12.1 Å². The van der Waals surface area contributed by atoms with Crippen LogP contribution >= 0.6 is 0 Å². The average molecular weight is 603 g/mol. The minimum atomic E-state index is -6.01. The molecule has 0 spiro atoms. The third kappa shape index (κ3) is 5.94. The van der Waals surface area contributed by atoms with Crippen LogP contribution in [0.4, 0.5) is 30.7 Å². The third-order valence-corrected chi connectivity index (χ3v) is 9.42. The molecule has 2 aliphatic carbocycles. The van der Waals surface area contributed by atoms with Gasteiger partial charge in [-0.05, 0) is 74.1 Å². The zero-order chi connectivity index (χ0) is 31.1. The van der Waals surface area contributed by atoms with Gasteiger partial charge in [0.05, 0.1) is 5.92 Å². The van der Waals surface area contributed by atoms with Crippen molar-refractivity contribution < 1.29 is 50.5 Å². The summed E-state index contributed by atoms with van der Waals surface area (Å²) in [6.07, 6.45) is -8.41. The van der Waals surface area contributed by atoms with Gasteiger partial charge in [-0.1, -0.05) is 49.7 Å². The second-order valence-corrected chi connectivity index (χ2v) is 11.9. The van der Waals surface area contributed by atoms with E-state index >= 15 is 0 Å². The Hall–Kier alpha value is -2.95. The normalized spacial score (nSPS) is 27.7. The zero-order valence-electron chi connectivity index (χ0n) is 22.9. The molecule has 0 aliphatic heterocycles. The monoisotopic (exact) mass is 602 g/mol. The van der Waals surface area contributed by atoms with Crippen LogP contribution in [-0.2, 0) is 20.6 Å². The number of aliphatic carboxylic acids is 1. The minimum absolute atomic E-state index is 0.0311. The van der Waals surface area contributed by atoms with Crippen LogP contribution in [0.15, 0.2) is 48.5 Å². The van der Waals surface area contributed by atoms with Gasteiger partial charge in [-0.15, -0.1) is 0 Å². The van der Waals surface area contributed by atoms with Crippen LogP contribution in [0.3, 0.4) is 0 Å². The molecule has 2 aliphatic rings. The van der Waals surface area contributed by atoms with E-state index in [9.17, 15) is 50.5 Å². The van der Waals surface area contributed by atoms with Crippen molar-refractivity contribution in [2.45, 2.75) is 87.6 Å². The van der Waals surface area contributed by atoms with Crippen LogP contribution in [0, 0.1) is 23.6 Å². The number of benzene rings is 2. The molecule has 230 valence electrons. The van der Waals surface area contributed by atoms with E-state index in [2.05, 4.69) is 0 Å². The van der Waals surface area contributed by atoms with Crippen molar-refractivity contribution in [3.8, 4) is 0 Å². The maximum atomic E-state index is 13.9. The first kappa shape index (κ1) is 32.0. The van der Waals surface area contributed by atoms with Crippen molar-refractivity contribution in [2.75, 3.05) is 0 Å². The largest absolute Gasteiger partial charge is 0.481 e. The maximum absolute atomic E-state index is 13.9. The van der Waals surface area contributed by atoms with E-state index in [4.69, 9.17) is 0 Å². The molecule has 2 unspecified atom stereocenters. The number of carbonyl (C=O) groups is 2. The summed E-state index contributed by atoms with van der Waals surface area (Å²) in [4.78, 5) is 25.0. The molecule has 3 atom stereocenters. The van der Waals surface area contributed by atoms with Gasteiger partial charge < -0.3 is 10.2 Å². The predicted molar refractivity (Wildman–Crippen MR) is 139 cm³/mol. The number of hydrogen-bond acceptors (Lipinski definition) is 3. The summed E-state index contributed by atoms with van der Waals surface area (Å²) in [7, 11) is 0. The standard InChI is InChI=1S/C31H33F7O4/c1-28(22-13-15-24(32)16-14-22)17-21(26(39)19-5-7-20(8-6-19)27(40)41)3-2-4-25(28)18-9-11-23(12-10-18)29(42,30(33,34)35)31(36,37)38/h9-16,19-21,25,42H,2-8,17H2,1H3,(H,40,41)/t19?,20?,21?,25-,28?/m0/s1. The number of hydrogen-bond donors (Lipinski definition) is 2. The lowest BCUT2D eigenvalue weighted by atomic mass is 9.64. The van der Waals surface area contributed by atoms with Crippen LogP contribution in [0.25, 0.3) is 0 Å². The summed E-state index contributed by atoms with van der Waals surface area (Å²) < 4.78 is 94.5. The molecule has 2 aromatic carbocycles. The number of carbonyl (C=O) groups excluding carboxylic acids is 1. The Labute approximate surface area is 238 Å². The topological polar surface area (TPSA) is 74.6 Å². The Bertz CT molecular complexity index is 1250. The molecular weight excluding hydrogens is 569 g/mol. The van der Waals surface area contributed by atoms with Crippen molar-refractivity contribution in [3.63, 3.8) is 0 Å². The van der Waals surface area contributed by atoms with E-state index in [1.807, 2.05) is 6.92 Å². The molecule has 2 saturated carbocycles. The molecule has 0 radical (unpaired) electrons. The highest BCUT2D eigenvalue weighted by Gasteiger charge is 2.71. The highest BCUT2D eigenvalue weighted by molar-refractivity contribution is 5.84. The van der Waals surface area contributed by atoms with Gasteiger partial charge >= 0.3 is 18.3 Å². The van der Waals surface area contributed by atoms with E-state index in [1.54, 1.807) is 12.1 Å². The predicted octanol–water partition coefficient (Wildman–Crippen LogP) is 7.83. The summed E-state index contributed by atoms with van der Waals surface area (Å²) in [6.45, 7) is 1.87. The molecule has 0 heterocycles. The van der Waals surface area contributed by atoms with Crippen molar-refractivity contribution in [1.29, 1.82) is 0 Å². The van der Waals surface area contributed by atoms with E-state index in [-0.39, 0.29) is 11.7 Å². The van der Waals surface area contributed by atoms with Gasteiger partial charge in [-0.25, -0.2) is 4.39 Å². The van der Waals surface area contributed by atoms with E-state index in [0.717, 1.165) is 12.1 Å². The molecular formula is C31H33F7O4. The van der Waals surface area contributed by atoms with Gasteiger partial charge in [0.15, 0.2) is 0 Å². The van der Waals surface area contributed by atoms with E-state index in [0.29, 0.717) is 74.6 Å². The van der Waals surface area contributed by atoms with Crippen LogP contribution in [0.2, 0.25) is 0 Å². The maximum Gasteiger partial charge on any atom is 0.430 e. The molecule has 2 fully saturated rings. The lowest BCUT2D eigenvalue weighted by Gasteiger charge is -2.40. The number of halogens is 7. The Kier molecular flexibility index (Phi) is 8.84. The Morgan fingerprint density at radius 2 is 1.29 bits per heavy atom. The first-order valence-electron chi connectivity index (χ1n) is 14.0. The van der Waals surface area contributed by atoms with Gasteiger partial charge in [0.25, 0.3) is 5.60 Å². The second kappa shape index (κ2) is 11.6. The Balaban J connectivity index is 1.68. The third-order valence-electron chi connectivity index (χ3n) is 9.42. The number of alkyl halides is 6. The fraction of sp³-hybridized carbons (Fsp3) is 0.548. The van der Waals surface area contributed by atoms with Gasteiger partial charge in [-0.3, -0.25) is 9.59 Å². The fourth-order valence-electron chi connectivity index (χ4n) is 6.97. The SMILES string of the molecule is CC1(c2ccc(F)cc2)CC(C(=O)C2CCC(C(=O)O)CC2)CCC[C@H]1c1ccc(C(O)(C(F)(F)F)C(F)(F)F)cc1. The zero-order valence-corrected chi connectivity index (χ0v) is 22.9. The molecule has 4 rings (SSSR count). The number of Topliss-reactive ketones (excluding diaryl/α,β-unsaturated/α-hetero) is 1. The molecule has 2 N–H and O–H groups in total. The van der Waals surface area contributed by atoms with Crippen LogP contribution < -0.4 is 0 Å². The van der Waals surface area contributed by atoms with Gasteiger partial charge in [0, 0.05) is 22.8 Å². The summed E-state index contributed by atoms with van der Waals surface area (Å²) in [5.74, 6) is -2.95. The molecule has 0 bridgehead atoms. The highest BCUT2D eigenvalue weighted by Crippen LogP contribution is 2.53. The minimum Gasteiger partial charge on any atom is -0.481 e. The summed E-state index contributed by atoms with van der Waals surface area (Å²) in [6, 6.07) is 9.26. The van der Waals surface area contributed by atoms with Crippen molar-refractivity contribution in [1.82, 2.24) is 0 Å².